The van der Waals surface area contributed by atoms with Crippen LogP contribution in [0.1, 0.15) is 52.4 Å². The van der Waals surface area contributed by atoms with Gasteiger partial charge in [0.25, 0.3) is 0 Å². The van der Waals surface area contributed by atoms with Crippen molar-refractivity contribution in [2.45, 2.75) is 62.8 Å². The lowest BCUT2D eigenvalue weighted by Gasteiger charge is -2.58. The number of carbonyl (C=O) groups is 2. The maximum atomic E-state index is 13.2. The lowest BCUT2D eigenvalue weighted by Crippen LogP contribution is -2.56. The molecule has 2 unspecified atom stereocenters. The maximum Gasteiger partial charge on any atom is 0.309 e. The van der Waals surface area contributed by atoms with Crippen LogP contribution in [0, 0.1) is 29.1 Å². The first-order chi connectivity index (χ1) is 13.9. The molecule has 6 nitrogen and oxygen atoms in total. The van der Waals surface area contributed by atoms with Gasteiger partial charge in [0, 0.05) is 6.42 Å². The molecule has 0 radical (unpaired) electrons. The number of carboxylic acids is 1. The van der Waals surface area contributed by atoms with Crippen molar-refractivity contribution < 1.29 is 23.1 Å². The molecule has 0 amide bonds. The van der Waals surface area contributed by atoms with Gasteiger partial charge in [0.2, 0.25) is 10.0 Å². The first kappa shape index (κ1) is 21.8. The molecule has 1 aromatic carbocycles. The first-order valence-electron chi connectivity index (χ1n) is 10.5. The lowest BCUT2D eigenvalue weighted by atomic mass is 9.45. The Balaban J connectivity index is 1.49. The standard InChI is InChI=1S/C22H28ClNO5S/c1-21(2,24-30(28,29)18-6-4-3-5-17(18)23)19(25)9-16-14-7-13-8-15(16)12-22(10-13,11-14)20(26)27/h3-6,13-16,24H,7-12H2,1-2H3,(H,26,27). The van der Waals surface area contributed by atoms with Crippen molar-refractivity contribution in [3.63, 3.8) is 0 Å². The van der Waals surface area contributed by atoms with Crippen molar-refractivity contribution in [2.75, 3.05) is 0 Å². The van der Waals surface area contributed by atoms with Crippen LogP contribution in [0.4, 0.5) is 0 Å². The Hall–Kier alpha value is -1.44. The van der Waals surface area contributed by atoms with Crippen LogP contribution in [-0.2, 0) is 19.6 Å². The number of Topliss-reactive ketones (excluding diaryl/α,β-unsaturated/α-hetero) is 1. The highest BCUT2D eigenvalue weighted by Crippen LogP contribution is 2.63. The summed E-state index contributed by atoms with van der Waals surface area (Å²) in [5.41, 5.74) is -1.89. The van der Waals surface area contributed by atoms with Gasteiger partial charge >= 0.3 is 5.97 Å². The molecular weight excluding hydrogens is 426 g/mol. The molecule has 4 aliphatic carbocycles. The molecule has 0 saturated heterocycles. The largest absolute Gasteiger partial charge is 0.481 e. The van der Waals surface area contributed by atoms with E-state index in [2.05, 4.69) is 4.72 Å². The summed E-state index contributed by atoms with van der Waals surface area (Å²) < 4.78 is 28.2. The van der Waals surface area contributed by atoms with Crippen molar-refractivity contribution in [1.82, 2.24) is 4.72 Å². The van der Waals surface area contributed by atoms with E-state index in [1.165, 1.54) is 12.1 Å². The Kier molecular flexibility index (Phi) is 5.31. The minimum absolute atomic E-state index is 0.0504. The summed E-state index contributed by atoms with van der Waals surface area (Å²) in [6.07, 6.45) is 4.28. The molecule has 2 atom stereocenters. The fourth-order valence-electron chi connectivity index (χ4n) is 6.30. The first-order valence-corrected chi connectivity index (χ1v) is 12.3. The van der Waals surface area contributed by atoms with E-state index < -0.39 is 26.9 Å². The molecule has 0 aliphatic heterocycles. The summed E-state index contributed by atoms with van der Waals surface area (Å²) in [5.74, 6) is 0.168. The third-order valence-electron chi connectivity index (χ3n) is 7.56. The zero-order valence-electron chi connectivity index (χ0n) is 17.2. The molecule has 8 heteroatoms. The van der Waals surface area contributed by atoms with Gasteiger partial charge in [-0.25, -0.2) is 8.42 Å². The molecular formula is C22H28ClNO5S. The van der Waals surface area contributed by atoms with Crippen molar-refractivity contribution in [2.24, 2.45) is 29.1 Å². The molecule has 0 spiro atoms. The van der Waals surface area contributed by atoms with Crippen LogP contribution >= 0.6 is 11.6 Å². The molecule has 0 aromatic heterocycles. The number of ketones is 1. The number of hydrogen-bond donors (Lipinski definition) is 2. The van der Waals surface area contributed by atoms with Crippen molar-refractivity contribution in [3.05, 3.63) is 29.3 Å². The SMILES string of the molecule is CC(C)(NS(=O)(=O)c1ccccc1Cl)C(=O)CC1C2CC3CC1CC(C(=O)O)(C3)C2. The highest BCUT2D eigenvalue weighted by molar-refractivity contribution is 7.89. The number of carbonyl (C=O) groups excluding carboxylic acids is 1. The van der Waals surface area contributed by atoms with Crippen LogP contribution < -0.4 is 4.72 Å². The van der Waals surface area contributed by atoms with E-state index in [0.29, 0.717) is 18.8 Å². The van der Waals surface area contributed by atoms with Gasteiger partial charge in [-0.2, -0.15) is 4.72 Å². The Morgan fingerprint density at radius 1 is 1.17 bits per heavy atom. The number of nitrogens with one attached hydrogen (secondary N) is 1. The molecule has 4 saturated carbocycles. The fourth-order valence-corrected chi connectivity index (χ4v) is 8.22. The molecule has 4 aliphatic rings. The van der Waals surface area contributed by atoms with Gasteiger partial charge in [0.15, 0.2) is 5.78 Å². The van der Waals surface area contributed by atoms with Crippen LogP contribution in [0.2, 0.25) is 5.02 Å². The lowest BCUT2D eigenvalue weighted by molar-refractivity contribution is -0.171. The minimum Gasteiger partial charge on any atom is -0.481 e. The molecule has 5 rings (SSSR count). The van der Waals surface area contributed by atoms with Crippen molar-refractivity contribution in [3.8, 4) is 0 Å². The van der Waals surface area contributed by atoms with Gasteiger partial charge in [-0.1, -0.05) is 23.7 Å². The normalized spacial score (nSPS) is 32.9. The highest BCUT2D eigenvalue weighted by atomic mass is 35.5. The van der Waals surface area contributed by atoms with Gasteiger partial charge in [-0.3, -0.25) is 9.59 Å². The van der Waals surface area contributed by atoms with E-state index in [4.69, 9.17) is 11.6 Å². The van der Waals surface area contributed by atoms with Gasteiger partial charge in [0.05, 0.1) is 16.0 Å². The summed E-state index contributed by atoms with van der Waals surface area (Å²) in [4.78, 5) is 25.0. The summed E-state index contributed by atoms with van der Waals surface area (Å²) >= 11 is 6.04. The van der Waals surface area contributed by atoms with Crippen molar-refractivity contribution >= 4 is 33.4 Å². The van der Waals surface area contributed by atoms with Gasteiger partial charge in [0.1, 0.15) is 4.90 Å². The molecule has 1 aromatic rings. The number of aliphatic carboxylic acids is 1. The monoisotopic (exact) mass is 453 g/mol. The zero-order chi connectivity index (χ0) is 21.9. The van der Waals surface area contributed by atoms with Crippen LogP contribution in [-0.4, -0.2) is 30.8 Å². The Morgan fingerprint density at radius 2 is 1.77 bits per heavy atom. The van der Waals surface area contributed by atoms with E-state index in [1.807, 2.05) is 0 Å². The predicted octanol–water partition coefficient (Wildman–Crippen LogP) is 3.88. The predicted molar refractivity (Wildman–Crippen MR) is 113 cm³/mol. The Morgan fingerprint density at radius 3 is 2.33 bits per heavy atom. The summed E-state index contributed by atoms with van der Waals surface area (Å²) in [6, 6.07) is 6.14. The summed E-state index contributed by atoms with van der Waals surface area (Å²) in [7, 11) is -3.96. The Bertz CT molecular complexity index is 973. The number of rotatable bonds is 7. The van der Waals surface area contributed by atoms with E-state index >= 15 is 0 Å². The van der Waals surface area contributed by atoms with E-state index in [1.54, 1.807) is 26.0 Å². The van der Waals surface area contributed by atoms with Crippen LogP contribution in [0.15, 0.2) is 29.2 Å². The van der Waals surface area contributed by atoms with Crippen LogP contribution in [0.3, 0.4) is 0 Å². The average Bonchev–Trinajstić information content (AvgIpc) is 2.63. The van der Waals surface area contributed by atoms with Gasteiger partial charge in [-0.15, -0.1) is 0 Å². The highest BCUT2D eigenvalue weighted by Gasteiger charge is 2.59. The molecule has 30 heavy (non-hydrogen) atoms. The quantitative estimate of drug-likeness (QED) is 0.652. The third-order valence-corrected chi connectivity index (χ3v) is 9.71. The third kappa shape index (κ3) is 3.69. The number of benzene rings is 1. The number of hydrogen-bond acceptors (Lipinski definition) is 4. The molecule has 4 fully saturated rings. The van der Waals surface area contributed by atoms with Crippen molar-refractivity contribution in [1.29, 1.82) is 0 Å². The second-order valence-electron chi connectivity index (χ2n) is 10.0. The second-order valence-corrected chi connectivity index (χ2v) is 12.1. The van der Waals surface area contributed by atoms with E-state index in [-0.39, 0.29) is 39.9 Å². The topological polar surface area (TPSA) is 101 Å². The number of halogens is 1. The molecule has 164 valence electrons. The number of carboxylic acid groups (broad SMARTS) is 1. The molecule has 0 heterocycles. The smallest absolute Gasteiger partial charge is 0.309 e. The molecule has 2 N–H and O–H groups in total. The summed E-state index contributed by atoms with van der Waals surface area (Å²) in [5, 5.41) is 9.88. The summed E-state index contributed by atoms with van der Waals surface area (Å²) in [6.45, 7) is 3.16. The average molecular weight is 454 g/mol. The van der Waals surface area contributed by atoms with Gasteiger partial charge in [-0.05, 0) is 81.8 Å². The van der Waals surface area contributed by atoms with E-state index in [0.717, 1.165) is 19.3 Å². The van der Waals surface area contributed by atoms with Crippen LogP contribution in [0.25, 0.3) is 0 Å². The Labute approximate surface area is 182 Å². The fraction of sp³-hybridized carbons (Fsp3) is 0.636. The molecule has 4 bridgehead atoms. The second kappa shape index (κ2) is 7.31. The number of sulfonamides is 1. The van der Waals surface area contributed by atoms with Crippen LogP contribution in [0.5, 0.6) is 0 Å². The van der Waals surface area contributed by atoms with E-state index in [9.17, 15) is 23.1 Å². The zero-order valence-corrected chi connectivity index (χ0v) is 18.8. The minimum atomic E-state index is -3.96. The van der Waals surface area contributed by atoms with Gasteiger partial charge < -0.3 is 5.11 Å². The maximum absolute atomic E-state index is 13.2.